The molecule has 2 N–H and O–H groups in total. The predicted molar refractivity (Wildman–Crippen MR) is 104 cm³/mol. The average Bonchev–Trinajstić information content (AvgIpc) is 3.14. The van der Waals surface area contributed by atoms with Crippen LogP contribution >= 0.6 is 0 Å². The van der Waals surface area contributed by atoms with Crippen molar-refractivity contribution in [3.63, 3.8) is 0 Å². The van der Waals surface area contributed by atoms with E-state index in [1.54, 1.807) is 0 Å². The monoisotopic (exact) mass is 422 g/mol. The fourth-order valence-corrected chi connectivity index (χ4v) is 8.17. The van der Waals surface area contributed by atoms with Crippen LogP contribution in [0.5, 0.6) is 0 Å². The van der Waals surface area contributed by atoms with Crippen LogP contribution in [0.25, 0.3) is 0 Å². The maximum atomic E-state index is 13.2. The molecule has 4 unspecified atom stereocenters. The SMILES string of the molecule is O=C(NC1[C@@H]2CC3C[C@H]1CC(O)(C3)C2)C1CCCN1S(=O)(=O)c1ccc(F)cc1. The number of amides is 1. The molecule has 0 radical (unpaired) electrons. The summed E-state index contributed by atoms with van der Waals surface area (Å²) >= 11 is 0. The lowest BCUT2D eigenvalue weighted by Crippen LogP contribution is -2.63. The molecule has 0 aromatic heterocycles. The predicted octanol–water partition coefficient (Wildman–Crippen LogP) is 2.03. The molecule has 1 heterocycles. The molecule has 1 saturated heterocycles. The molecular formula is C21H27FN2O4S. The van der Waals surface area contributed by atoms with Crippen molar-refractivity contribution in [3.05, 3.63) is 30.1 Å². The number of halogens is 1. The van der Waals surface area contributed by atoms with Gasteiger partial charge < -0.3 is 10.4 Å². The number of hydrogen-bond donors (Lipinski definition) is 2. The van der Waals surface area contributed by atoms with Gasteiger partial charge in [-0.2, -0.15) is 4.31 Å². The van der Waals surface area contributed by atoms with E-state index in [2.05, 4.69) is 5.32 Å². The topological polar surface area (TPSA) is 86.7 Å². The quantitative estimate of drug-likeness (QED) is 0.777. The number of sulfonamides is 1. The van der Waals surface area contributed by atoms with Crippen molar-refractivity contribution >= 4 is 15.9 Å². The summed E-state index contributed by atoms with van der Waals surface area (Å²) in [5, 5.41) is 13.9. The van der Waals surface area contributed by atoms with Gasteiger partial charge in [0.05, 0.1) is 10.5 Å². The summed E-state index contributed by atoms with van der Waals surface area (Å²) in [6, 6.07) is 4.03. The number of aliphatic hydroxyl groups is 1. The van der Waals surface area contributed by atoms with Crippen molar-refractivity contribution in [3.8, 4) is 0 Å². The van der Waals surface area contributed by atoms with Crippen LogP contribution in [0, 0.1) is 23.6 Å². The van der Waals surface area contributed by atoms with Crippen LogP contribution in [-0.4, -0.2) is 48.0 Å². The van der Waals surface area contributed by atoms with Crippen molar-refractivity contribution in [2.75, 3.05) is 6.54 Å². The third kappa shape index (κ3) is 3.29. The van der Waals surface area contributed by atoms with Gasteiger partial charge in [-0.05, 0) is 87.0 Å². The molecule has 1 amide bonds. The highest BCUT2D eigenvalue weighted by Gasteiger charge is 2.55. The second-order valence-corrected chi connectivity index (χ2v) is 11.3. The molecule has 1 aromatic carbocycles. The molecule has 8 heteroatoms. The summed E-state index contributed by atoms with van der Waals surface area (Å²) in [4.78, 5) is 13.1. The van der Waals surface area contributed by atoms with Crippen molar-refractivity contribution in [2.24, 2.45) is 17.8 Å². The second kappa shape index (κ2) is 6.75. The van der Waals surface area contributed by atoms with Crippen molar-refractivity contribution in [1.82, 2.24) is 9.62 Å². The van der Waals surface area contributed by atoms with E-state index >= 15 is 0 Å². The van der Waals surface area contributed by atoms with Gasteiger partial charge in [0, 0.05) is 12.6 Å². The Morgan fingerprint density at radius 1 is 1.14 bits per heavy atom. The Bertz CT molecular complexity index is 903. The minimum atomic E-state index is -3.85. The fourth-order valence-electron chi connectivity index (χ4n) is 6.51. The van der Waals surface area contributed by atoms with Crippen LogP contribution < -0.4 is 5.32 Å². The molecule has 1 aliphatic heterocycles. The lowest BCUT2D eigenvalue weighted by atomic mass is 9.52. The zero-order valence-corrected chi connectivity index (χ0v) is 17.1. The summed E-state index contributed by atoms with van der Waals surface area (Å²) < 4.78 is 40.5. The number of carbonyl (C=O) groups excluding carboxylic acids is 1. The Balaban J connectivity index is 1.33. The Labute approximate surface area is 170 Å². The van der Waals surface area contributed by atoms with Crippen molar-refractivity contribution in [2.45, 2.75) is 67.5 Å². The second-order valence-electron chi connectivity index (χ2n) is 9.46. The molecular weight excluding hydrogens is 395 g/mol. The molecule has 4 saturated carbocycles. The fraction of sp³-hybridized carbons (Fsp3) is 0.667. The van der Waals surface area contributed by atoms with Crippen LogP contribution in [0.4, 0.5) is 4.39 Å². The largest absolute Gasteiger partial charge is 0.390 e. The van der Waals surface area contributed by atoms with Crippen molar-refractivity contribution < 1.29 is 22.7 Å². The highest BCUT2D eigenvalue weighted by molar-refractivity contribution is 7.89. The molecule has 4 aliphatic carbocycles. The first-order chi connectivity index (χ1) is 13.7. The molecule has 4 bridgehead atoms. The van der Waals surface area contributed by atoms with E-state index in [0.29, 0.717) is 18.8 Å². The summed E-state index contributed by atoms with van der Waals surface area (Å²) in [5.41, 5.74) is -0.566. The minimum Gasteiger partial charge on any atom is -0.390 e. The first-order valence-corrected chi connectivity index (χ1v) is 12.0. The Morgan fingerprint density at radius 3 is 2.41 bits per heavy atom. The van der Waals surface area contributed by atoms with Gasteiger partial charge in [0.15, 0.2) is 0 Å². The number of hydrogen-bond acceptors (Lipinski definition) is 4. The first kappa shape index (κ1) is 19.5. The summed E-state index contributed by atoms with van der Waals surface area (Å²) in [6.45, 7) is 0.289. The third-order valence-corrected chi connectivity index (χ3v) is 9.40. The molecule has 1 aromatic rings. The van der Waals surface area contributed by atoms with E-state index in [1.165, 1.54) is 16.4 Å². The van der Waals surface area contributed by atoms with Gasteiger partial charge in [-0.25, -0.2) is 12.8 Å². The van der Waals surface area contributed by atoms with E-state index in [1.807, 2.05) is 0 Å². The van der Waals surface area contributed by atoms with Gasteiger partial charge in [0.25, 0.3) is 0 Å². The van der Waals surface area contributed by atoms with E-state index in [4.69, 9.17) is 0 Å². The highest BCUT2D eigenvalue weighted by atomic mass is 32.2. The van der Waals surface area contributed by atoms with E-state index < -0.39 is 27.5 Å². The third-order valence-electron chi connectivity index (χ3n) is 7.48. The van der Waals surface area contributed by atoms with Crippen LogP contribution in [0.1, 0.15) is 44.9 Å². The smallest absolute Gasteiger partial charge is 0.243 e. The molecule has 6 nitrogen and oxygen atoms in total. The Hall–Kier alpha value is -1.51. The number of nitrogens with zero attached hydrogens (tertiary/aromatic N) is 1. The summed E-state index contributed by atoms with van der Waals surface area (Å²) in [7, 11) is -3.85. The molecule has 0 spiro atoms. The number of carbonyl (C=O) groups is 1. The van der Waals surface area contributed by atoms with Crippen molar-refractivity contribution in [1.29, 1.82) is 0 Å². The molecule has 29 heavy (non-hydrogen) atoms. The molecule has 6 atom stereocenters. The summed E-state index contributed by atoms with van der Waals surface area (Å²) in [5.74, 6) is 0.367. The van der Waals surface area contributed by atoms with Gasteiger partial charge in [-0.1, -0.05) is 0 Å². The van der Waals surface area contributed by atoms with E-state index in [9.17, 15) is 22.7 Å². The lowest BCUT2D eigenvalue weighted by Gasteiger charge is -2.58. The first-order valence-electron chi connectivity index (χ1n) is 10.6. The van der Waals surface area contributed by atoms with Crippen LogP contribution in [0.15, 0.2) is 29.2 Å². The van der Waals surface area contributed by atoms with E-state index in [-0.39, 0.29) is 35.2 Å². The van der Waals surface area contributed by atoms with Gasteiger partial charge in [-0.3, -0.25) is 4.79 Å². The highest BCUT2D eigenvalue weighted by Crippen LogP contribution is 2.55. The lowest BCUT2D eigenvalue weighted by molar-refractivity contribution is -0.147. The van der Waals surface area contributed by atoms with Crippen LogP contribution in [-0.2, 0) is 14.8 Å². The van der Waals surface area contributed by atoms with Gasteiger partial charge in [0.2, 0.25) is 15.9 Å². The number of benzene rings is 1. The summed E-state index contributed by atoms with van der Waals surface area (Å²) in [6.07, 6.45) is 5.52. The molecule has 5 fully saturated rings. The van der Waals surface area contributed by atoms with Gasteiger partial charge >= 0.3 is 0 Å². The van der Waals surface area contributed by atoms with Gasteiger partial charge in [-0.15, -0.1) is 0 Å². The molecule has 6 rings (SSSR count). The van der Waals surface area contributed by atoms with Crippen LogP contribution in [0.2, 0.25) is 0 Å². The zero-order valence-electron chi connectivity index (χ0n) is 16.3. The van der Waals surface area contributed by atoms with Crippen LogP contribution in [0.3, 0.4) is 0 Å². The van der Waals surface area contributed by atoms with Gasteiger partial charge in [0.1, 0.15) is 11.9 Å². The normalized spacial score (nSPS) is 39.0. The van der Waals surface area contributed by atoms with E-state index in [0.717, 1.165) is 44.2 Å². The zero-order chi connectivity index (χ0) is 20.4. The number of rotatable bonds is 4. The maximum absolute atomic E-state index is 13.2. The molecule has 158 valence electrons. The minimum absolute atomic E-state index is 0.00967. The maximum Gasteiger partial charge on any atom is 0.243 e. The standard InChI is InChI=1S/C21H27FN2O4S/c22-16-3-5-17(6-4-16)29(27,28)24-7-1-2-18(24)20(25)23-19-14-8-13-9-15(19)12-21(26,10-13)11-14/h3-6,13-15,18-19,26H,1-2,7-12H2,(H,23,25)/t13?,14-,15+,18?,19?,21?. The number of nitrogens with one attached hydrogen (secondary N) is 1. The Kier molecular flexibility index (Phi) is 4.53. The molecule has 5 aliphatic rings. The Morgan fingerprint density at radius 2 is 1.79 bits per heavy atom. The average molecular weight is 423 g/mol.